The van der Waals surface area contributed by atoms with Gasteiger partial charge in [-0.2, -0.15) is 0 Å². The molecular formula is C28H28N2O5. The molecule has 3 aromatic carbocycles. The highest BCUT2D eigenvalue weighted by Crippen LogP contribution is 2.44. The summed E-state index contributed by atoms with van der Waals surface area (Å²) in [4.78, 5) is 37.6. The second-order valence-corrected chi connectivity index (χ2v) is 8.72. The number of amides is 2. The Labute approximate surface area is 204 Å². The van der Waals surface area contributed by atoms with Gasteiger partial charge in [0.05, 0.1) is 0 Å². The smallest absolute Gasteiger partial charge is 0.407 e. The quantitative estimate of drug-likeness (QED) is 0.450. The minimum Gasteiger partial charge on any atom is -0.479 e. The summed E-state index contributed by atoms with van der Waals surface area (Å²) >= 11 is 0. The lowest BCUT2D eigenvalue weighted by molar-refractivity contribution is -0.147. The molecular weight excluding hydrogens is 444 g/mol. The largest absolute Gasteiger partial charge is 0.479 e. The second-order valence-electron chi connectivity index (χ2n) is 8.72. The van der Waals surface area contributed by atoms with Gasteiger partial charge in [0, 0.05) is 5.92 Å². The molecule has 4 rings (SSSR count). The molecule has 35 heavy (non-hydrogen) atoms. The summed E-state index contributed by atoms with van der Waals surface area (Å²) in [5.41, 5.74) is 3.21. The van der Waals surface area contributed by atoms with E-state index in [0.717, 1.165) is 22.3 Å². The van der Waals surface area contributed by atoms with E-state index in [2.05, 4.69) is 22.8 Å². The number of aliphatic carboxylic acids is 1. The van der Waals surface area contributed by atoms with Crippen molar-refractivity contribution in [3.05, 3.63) is 95.6 Å². The molecule has 2 amide bonds. The maximum absolute atomic E-state index is 12.9. The topological polar surface area (TPSA) is 105 Å². The number of ether oxygens (including phenoxy) is 1. The average molecular weight is 473 g/mol. The molecule has 7 nitrogen and oxygen atoms in total. The summed E-state index contributed by atoms with van der Waals surface area (Å²) in [7, 11) is 0. The van der Waals surface area contributed by atoms with Crippen molar-refractivity contribution in [1.82, 2.24) is 10.6 Å². The van der Waals surface area contributed by atoms with Crippen LogP contribution in [0.3, 0.4) is 0 Å². The van der Waals surface area contributed by atoms with E-state index in [1.165, 1.54) is 6.92 Å². The van der Waals surface area contributed by atoms with Gasteiger partial charge in [-0.25, -0.2) is 9.59 Å². The summed E-state index contributed by atoms with van der Waals surface area (Å²) in [6.45, 7) is 3.27. The van der Waals surface area contributed by atoms with Gasteiger partial charge in [-0.1, -0.05) is 85.8 Å². The first-order valence-corrected chi connectivity index (χ1v) is 11.6. The van der Waals surface area contributed by atoms with E-state index in [9.17, 15) is 19.5 Å². The number of fused-ring (bicyclic) bond motifs is 3. The van der Waals surface area contributed by atoms with Crippen LogP contribution in [-0.4, -0.2) is 35.7 Å². The van der Waals surface area contributed by atoms with Gasteiger partial charge in [-0.05, 0) is 41.2 Å². The first-order chi connectivity index (χ1) is 16.8. The molecule has 180 valence electrons. The lowest BCUT2D eigenvalue weighted by atomic mass is 9.91. The van der Waals surface area contributed by atoms with Gasteiger partial charge in [0.1, 0.15) is 12.6 Å². The van der Waals surface area contributed by atoms with Crippen LogP contribution in [0.2, 0.25) is 0 Å². The Morgan fingerprint density at radius 3 is 2.00 bits per heavy atom. The van der Waals surface area contributed by atoms with Crippen LogP contribution in [0.5, 0.6) is 0 Å². The third-order valence-corrected chi connectivity index (χ3v) is 6.51. The van der Waals surface area contributed by atoms with Crippen molar-refractivity contribution in [1.29, 1.82) is 0 Å². The van der Waals surface area contributed by atoms with Crippen LogP contribution in [0.15, 0.2) is 78.9 Å². The van der Waals surface area contributed by atoms with Crippen LogP contribution in [0.25, 0.3) is 11.1 Å². The number of benzene rings is 3. The van der Waals surface area contributed by atoms with E-state index < -0.39 is 29.6 Å². The molecule has 2 atom stereocenters. The molecule has 0 saturated carbocycles. The van der Waals surface area contributed by atoms with Gasteiger partial charge in [0.25, 0.3) is 0 Å². The van der Waals surface area contributed by atoms with E-state index in [0.29, 0.717) is 5.56 Å². The van der Waals surface area contributed by atoms with Gasteiger partial charge in [-0.15, -0.1) is 0 Å². The third-order valence-electron chi connectivity index (χ3n) is 6.51. The number of carboxylic acid groups (broad SMARTS) is 1. The zero-order valence-electron chi connectivity index (χ0n) is 19.7. The van der Waals surface area contributed by atoms with Crippen LogP contribution in [-0.2, 0) is 19.9 Å². The molecule has 3 N–H and O–H groups in total. The molecule has 3 aromatic rings. The minimum absolute atomic E-state index is 0.101. The van der Waals surface area contributed by atoms with Crippen LogP contribution in [0.1, 0.15) is 42.9 Å². The van der Waals surface area contributed by atoms with E-state index in [1.54, 1.807) is 37.3 Å². The Morgan fingerprint density at radius 1 is 0.914 bits per heavy atom. The number of carboxylic acids is 1. The van der Waals surface area contributed by atoms with Gasteiger partial charge in [-0.3, -0.25) is 4.79 Å². The number of carbonyl (C=O) groups is 3. The standard InChI is InChI=1S/C28H28N2O5/c1-3-24(25(31)30-28(2,26(32)33)18-11-5-4-6-12-18)29-27(34)35-17-23-21-15-9-7-13-19(21)20-14-8-10-16-22(20)23/h4-16,23-24H,3,17H2,1-2H3,(H,29,34)(H,30,31)(H,32,33)/t24-,28?/m0/s1. The molecule has 0 radical (unpaired) electrons. The first-order valence-electron chi connectivity index (χ1n) is 11.6. The summed E-state index contributed by atoms with van der Waals surface area (Å²) < 4.78 is 5.54. The van der Waals surface area contributed by atoms with E-state index >= 15 is 0 Å². The normalized spacial score (nSPS) is 14.7. The van der Waals surface area contributed by atoms with E-state index in [-0.39, 0.29) is 18.9 Å². The van der Waals surface area contributed by atoms with Gasteiger partial charge in [0.2, 0.25) is 5.91 Å². The number of alkyl carbamates (subject to hydrolysis) is 1. The number of hydrogen-bond donors (Lipinski definition) is 3. The van der Waals surface area contributed by atoms with E-state index in [4.69, 9.17) is 4.74 Å². The van der Waals surface area contributed by atoms with Gasteiger partial charge >= 0.3 is 12.1 Å². The predicted molar refractivity (Wildman–Crippen MR) is 132 cm³/mol. The maximum Gasteiger partial charge on any atom is 0.407 e. The summed E-state index contributed by atoms with van der Waals surface area (Å²) in [6, 6.07) is 23.5. The van der Waals surface area contributed by atoms with Crippen LogP contribution < -0.4 is 10.6 Å². The molecule has 1 aliphatic rings. The van der Waals surface area contributed by atoms with E-state index in [1.807, 2.05) is 36.4 Å². The molecule has 0 saturated heterocycles. The molecule has 1 unspecified atom stereocenters. The van der Waals surface area contributed by atoms with Crippen LogP contribution in [0, 0.1) is 0 Å². The molecule has 0 fully saturated rings. The summed E-state index contributed by atoms with van der Waals surface area (Å²) in [5, 5.41) is 15.0. The van der Waals surface area contributed by atoms with Crippen molar-refractivity contribution in [3.8, 4) is 11.1 Å². The fraction of sp³-hybridized carbons (Fsp3) is 0.250. The number of nitrogens with one attached hydrogen (secondary N) is 2. The van der Waals surface area contributed by atoms with Crippen molar-refractivity contribution < 1.29 is 24.2 Å². The van der Waals surface area contributed by atoms with Crippen molar-refractivity contribution in [3.63, 3.8) is 0 Å². The summed E-state index contributed by atoms with van der Waals surface area (Å²) in [5.74, 6) is -1.90. The molecule has 0 heterocycles. The Morgan fingerprint density at radius 2 is 1.46 bits per heavy atom. The Bertz CT molecular complexity index is 1200. The zero-order chi connectivity index (χ0) is 25.0. The zero-order valence-corrected chi connectivity index (χ0v) is 19.7. The molecule has 0 aliphatic heterocycles. The number of hydrogen-bond acceptors (Lipinski definition) is 4. The van der Waals surface area contributed by atoms with Crippen LogP contribution in [0.4, 0.5) is 4.79 Å². The molecule has 1 aliphatic carbocycles. The summed E-state index contributed by atoms with van der Waals surface area (Å²) in [6.07, 6.45) is -0.467. The maximum atomic E-state index is 12.9. The minimum atomic E-state index is -1.64. The fourth-order valence-electron chi connectivity index (χ4n) is 4.49. The van der Waals surface area contributed by atoms with Crippen LogP contribution >= 0.6 is 0 Å². The Kier molecular flexibility index (Phi) is 6.87. The van der Waals surface area contributed by atoms with Crippen molar-refractivity contribution >= 4 is 18.0 Å². The van der Waals surface area contributed by atoms with Gasteiger partial charge < -0.3 is 20.5 Å². The fourth-order valence-corrected chi connectivity index (χ4v) is 4.49. The monoisotopic (exact) mass is 472 g/mol. The Balaban J connectivity index is 1.42. The predicted octanol–water partition coefficient (Wildman–Crippen LogP) is 4.42. The highest BCUT2D eigenvalue weighted by molar-refractivity contribution is 5.91. The average Bonchev–Trinajstić information content (AvgIpc) is 3.20. The number of rotatable bonds is 8. The Hall–Kier alpha value is -4.13. The first kappa shape index (κ1) is 24.0. The molecule has 0 aromatic heterocycles. The molecule has 7 heteroatoms. The highest BCUT2D eigenvalue weighted by Gasteiger charge is 2.38. The highest BCUT2D eigenvalue weighted by atomic mass is 16.5. The third kappa shape index (κ3) is 4.75. The van der Waals surface area contributed by atoms with Crippen molar-refractivity contribution in [2.24, 2.45) is 0 Å². The van der Waals surface area contributed by atoms with Gasteiger partial charge in [0.15, 0.2) is 5.54 Å². The lowest BCUT2D eigenvalue weighted by Gasteiger charge is -2.29. The van der Waals surface area contributed by atoms with Crippen molar-refractivity contribution in [2.45, 2.75) is 37.8 Å². The molecule has 0 spiro atoms. The number of carbonyl (C=O) groups excluding carboxylic acids is 2. The SMILES string of the molecule is CC[C@H](NC(=O)OCC1c2ccccc2-c2ccccc21)C(=O)NC(C)(C(=O)O)c1ccccc1. The lowest BCUT2D eigenvalue weighted by Crippen LogP contribution is -2.56. The van der Waals surface area contributed by atoms with Crippen molar-refractivity contribution in [2.75, 3.05) is 6.61 Å². The second kappa shape index (κ2) is 10.0. The molecule has 0 bridgehead atoms.